The number of phenolic OH excluding ortho intramolecular Hbond substituents is 1. The van der Waals surface area contributed by atoms with Crippen molar-refractivity contribution in [3.63, 3.8) is 0 Å². The molecule has 2 aliphatic heterocycles. The van der Waals surface area contributed by atoms with Gasteiger partial charge in [-0.3, -0.25) is 58.2 Å². The van der Waals surface area contributed by atoms with E-state index in [1.54, 1.807) is 26.0 Å². The summed E-state index contributed by atoms with van der Waals surface area (Å²) in [7, 11) is 0. The van der Waals surface area contributed by atoms with Gasteiger partial charge in [0, 0.05) is 43.0 Å². The lowest BCUT2D eigenvalue weighted by molar-refractivity contribution is -0.234. The van der Waals surface area contributed by atoms with E-state index in [2.05, 4.69) is 61.7 Å². The molecule has 2 heterocycles. The van der Waals surface area contributed by atoms with Crippen LogP contribution in [-0.4, -0.2) is 254 Å². The molecular formula is C85H128N12O23. The first-order valence-electron chi connectivity index (χ1n) is 42.5. The number of aliphatic hydroxyl groups excluding tert-OH is 5. The number of nitrogens with zero attached hydrogens (tertiary/aromatic N) is 1. The van der Waals surface area contributed by atoms with E-state index in [9.17, 15) is 83.4 Å². The van der Waals surface area contributed by atoms with Crippen LogP contribution in [0.15, 0.2) is 59.9 Å². The minimum absolute atomic E-state index is 0.00585. The van der Waals surface area contributed by atoms with Crippen LogP contribution in [0, 0.1) is 28.6 Å². The maximum atomic E-state index is 15.0. The van der Waals surface area contributed by atoms with Crippen molar-refractivity contribution in [2.24, 2.45) is 40.1 Å². The van der Waals surface area contributed by atoms with Crippen LogP contribution >= 0.6 is 0 Å². The number of hydrogen-bond donors (Lipinski definition) is 17. The van der Waals surface area contributed by atoms with Crippen molar-refractivity contribution in [2.45, 2.75) is 248 Å². The Labute approximate surface area is 700 Å². The van der Waals surface area contributed by atoms with Gasteiger partial charge in [0.2, 0.25) is 47.3 Å². The molecule has 0 spiro atoms. The van der Waals surface area contributed by atoms with Gasteiger partial charge in [0.15, 0.2) is 6.23 Å². The summed E-state index contributed by atoms with van der Waals surface area (Å²) in [4.78, 5) is 151. The van der Waals surface area contributed by atoms with Gasteiger partial charge < -0.3 is 113 Å². The Morgan fingerprint density at radius 3 is 1.77 bits per heavy atom. The number of carbonyl (C=O) groups is 11. The molecular weight excluding hydrogens is 1560 g/mol. The summed E-state index contributed by atoms with van der Waals surface area (Å²) in [6.45, 7) is 11.1. The second kappa shape index (κ2) is 44.4. The number of phenols is 1. The second-order valence-electron chi connectivity index (χ2n) is 34.1. The van der Waals surface area contributed by atoms with Crippen molar-refractivity contribution in [2.75, 3.05) is 97.6 Å². The fourth-order valence-electron chi connectivity index (χ4n) is 18.7. The zero-order valence-corrected chi connectivity index (χ0v) is 70.1. The summed E-state index contributed by atoms with van der Waals surface area (Å²) in [5, 5.41) is 87.5. The summed E-state index contributed by atoms with van der Waals surface area (Å²) in [6, 6.07) is 4.58. The fraction of sp³-hybridized carbons (Fsp3) is 0.682. The molecule has 120 heavy (non-hydrogen) atoms. The monoisotopic (exact) mass is 1680 g/mol. The molecule has 2 aromatic carbocycles. The van der Waals surface area contributed by atoms with Gasteiger partial charge in [-0.2, -0.15) is 0 Å². The number of anilines is 1. The van der Waals surface area contributed by atoms with Crippen LogP contribution in [0.3, 0.4) is 0 Å². The van der Waals surface area contributed by atoms with Gasteiger partial charge in [-0.1, -0.05) is 79.4 Å². The zero-order chi connectivity index (χ0) is 87.1. The molecule has 1 saturated heterocycles. The highest BCUT2D eigenvalue weighted by Crippen LogP contribution is 2.60. The van der Waals surface area contributed by atoms with Gasteiger partial charge in [-0.25, -0.2) is 4.79 Å². The number of aryl methyl sites for hydroxylation is 2. The number of carbonyl (C=O) groups excluding carboxylic acids is 11. The molecule has 0 radical (unpaired) electrons. The zero-order valence-electron chi connectivity index (χ0n) is 70.1. The summed E-state index contributed by atoms with van der Waals surface area (Å²) in [6.07, 6.45) is 4.93. The Balaban J connectivity index is 0.799. The highest BCUT2D eigenvalue weighted by atomic mass is 16.6. The largest absolute Gasteiger partial charge is 0.508 e. The lowest BCUT2D eigenvalue weighted by Crippen LogP contribution is -2.62. The lowest BCUT2D eigenvalue weighted by Gasteiger charge is -2.56. The number of hydrogen-bond acceptors (Lipinski definition) is 25. The smallest absolute Gasteiger partial charge is 0.312 e. The van der Waals surface area contributed by atoms with Gasteiger partial charge in [0.25, 0.3) is 11.8 Å². The van der Waals surface area contributed by atoms with Crippen molar-refractivity contribution in [1.82, 2.24) is 47.4 Å². The Morgan fingerprint density at radius 1 is 0.592 bits per heavy atom. The summed E-state index contributed by atoms with van der Waals surface area (Å²) >= 11 is 0. The van der Waals surface area contributed by atoms with E-state index >= 15 is 0 Å². The molecule has 0 bridgehead atoms. The standard InChI is InChI=1S/C85H128N12O23/c1-50(2)70(95-75(109)58(91-65(101)29-37-115-39-41-117-43-44-118-42-40-116-38-36-97-67(103)27-28-68(97)104)16-10-11-34-88-66(102)49-119-61-18-9-7-8-15-57(69(61)86)94-78-73(107)72(106)71(105)62(48-99)120-78)77(111)92-59(17-12-35-89-81(87)114)74(108)93-60(47-98)76(110)90-53-23-19-51-21-25-63-82(3,55(51)45-53)30-13-32-84(63,5)79(112)96-80(113)85(6)33-14-31-83(4)56-46-54(100)24-20-52(56)22-26-64(83)85/h19-20,23-24,27-28,45-46,50,58-64,70-73,78,94,98-100,105-107H,7-18,21-22,25-26,29-44,47-49,86H2,1-6H3,(H,88,102)(H,90,110)(H,91,101)(H,92,111)(H,93,108)(H,95,109)(H3,87,89,114)(H,96,112,113)/b69-57-/t58-,59+,60+,61?,62-,63-,64-,70+,71+,72+,73-,78-,82-,83-,84+,85+/m1/s1. The van der Waals surface area contributed by atoms with Crippen LogP contribution in [0.1, 0.15) is 186 Å². The minimum Gasteiger partial charge on any atom is -0.508 e. The molecule has 16 atom stereocenters. The number of imide groups is 2. The molecule has 35 heteroatoms. The highest BCUT2D eigenvalue weighted by Gasteiger charge is 2.59. The molecule has 1 unspecified atom stereocenters. The van der Waals surface area contributed by atoms with Gasteiger partial charge in [-0.15, -0.1) is 0 Å². The molecule has 7 aliphatic rings. The molecule has 9 rings (SSSR count). The van der Waals surface area contributed by atoms with E-state index in [0.29, 0.717) is 69.2 Å². The first-order valence-corrected chi connectivity index (χ1v) is 42.5. The van der Waals surface area contributed by atoms with E-state index in [1.165, 1.54) is 17.7 Å². The topological polar surface area (TPSA) is 528 Å². The van der Waals surface area contributed by atoms with E-state index in [0.717, 1.165) is 66.5 Å². The Kier molecular flexibility index (Phi) is 35.1. The van der Waals surface area contributed by atoms with Crippen LogP contribution in [0.5, 0.6) is 5.75 Å². The van der Waals surface area contributed by atoms with Crippen molar-refractivity contribution in [3.8, 4) is 5.75 Å². The third-order valence-electron chi connectivity index (χ3n) is 25.5. The molecule has 2 aromatic rings. The van der Waals surface area contributed by atoms with Crippen molar-refractivity contribution < 1.29 is 112 Å². The third kappa shape index (κ3) is 24.4. The number of ether oxygens (including phenoxy) is 6. The molecule has 35 nitrogen and oxygen atoms in total. The number of nitrogens with two attached hydrogens (primary N) is 2. The summed E-state index contributed by atoms with van der Waals surface area (Å²) < 4.78 is 33.9. The number of benzene rings is 2. The van der Waals surface area contributed by atoms with Crippen LogP contribution in [0.4, 0.5) is 10.5 Å². The molecule has 3 fully saturated rings. The molecule has 666 valence electrons. The predicted octanol–water partition coefficient (Wildman–Crippen LogP) is 1.31. The third-order valence-corrected chi connectivity index (χ3v) is 25.5. The predicted molar refractivity (Wildman–Crippen MR) is 437 cm³/mol. The Hall–Kier alpha value is -8.75. The summed E-state index contributed by atoms with van der Waals surface area (Å²) in [5.74, 6) is -6.47. The fourth-order valence-corrected chi connectivity index (χ4v) is 18.7. The van der Waals surface area contributed by atoms with E-state index in [-0.39, 0.29) is 145 Å². The number of aliphatic hydroxyl groups is 5. The average Bonchev–Trinajstić information content (AvgIpc) is 0.746. The first kappa shape index (κ1) is 95.1. The van der Waals surface area contributed by atoms with Gasteiger partial charge in [0.05, 0.1) is 95.2 Å². The SMILES string of the molecule is CC(C)[C@H](NC(=O)[C@@H](CCCCNC(=O)COC1CCCCC/C(N[C@@H]2O[C@H](CO)[C@H](O)[C@H](O)[C@H]2O)=C\1N)NC(=O)CCOCCOCCOCCOCCN1C(=O)C=CC1=O)C(=O)N[C@@H](CCCNC(N)=O)C(=O)N[C@@H](CO)C(=O)Nc1ccc2c(c1)[C@@]1(C)CCC[C@](C)(C(=O)NC(=O)[C@@]3(C)CCC[C@]4(C)c5cc(O)ccc5CC[C@@H]34)[C@@H]1CC2. The van der Waals surface area contributed by atoms with Crippen molar-refractivity contribution in [3.05, 3.63) is 82.2 Å². The lowest BCUT2D eigenvalue weighted by atomic mass is 9.49. The number of amides is 12. The Bertz CT molecular complexity index is 3960. The number of aromatic hydroxyl groups is 1. The van der Waals surface area contributed by atoms with Crippen molar-refractivity contribution >= 4 is 70.8 Å². The van der Waals surface area contributed by atoms with Crippen LogP contribution in [-0.2, 0) is 100 Å². The van der Waals surface area contributed by atoms with Gasteiger partial charge in [0.1, 0.15) is 60.9 Å². The molecule has 2 saturated carbocycles. The Morgan fingerprint density at radius 2 is 1.16 bits per heavy atom. The number of unbranched alkanes of at least 4 members (excludes halogenated alkanes) is 1. The molecule has 0 aromatic heterocycles. The van der Waals surface area contributed by atoms with E-state index in [1.807, 2.05) is 38.1 Å². The number of urea groups is 1. The average molecular weight is 1690 g/mol. The molecule has 5 aliphatic carbocycles. The number of allylic oxidation sites excluding steroid dienone is 1. The minimum atomic E-state index is -1.62. The van der Waals surface area contributed by atoms with Crippen LogP contribution < -0.4 is 59.3 Å². The first-order chi connectivity index (χ1) is 57.3. The van der Waals surface area contributed by atoms with Gasteiger partial charge in [-0.05, 0) is 178 Å². The highest BCUT2D eigenvalue weighted by molar-refractivity contribution is 6.13. The van der Waals surface area contributed by atoms with E-state index < -0.39 is 156 Å². The van der Waals surface area contributed by atoms with Gasteiger partial charge >= 0.3 is 6.03 Å². The van der Waals surface area contributed by atoms with E-state index in [4.69, 9.17) is 39.9 Å². The maximum Gasteiger partial charge on any atom is 0.312 e. The second-order valence-corrected chi connectivity index (χ2v) is 34.1. The molecule has 12 amide bonds. The number of nitrogens with one attached hydrogen (secondary N) is 9. The van der Waals surface area contributed by atoms with Crippen LogP contribution in [0.25, 0.3) is 0 Å². The van der Waals surface area contributed by atoms with Crippen molar-refractivity contribution in [1.29, 1.82) is 0 Å². The normalized spacial score (nSPS) is 27.4. The number of fused-ring (bicyclic) bond motifs is 6. The number of rotatable bonds is 43. The summed E-state index contributed by atoms with van der Waals surface area (Å²) in [5.41, 5.74) is 14.5. The maximum absolute atomic E-state index is 15.0. The molecule has 19 N–H and O–H groups in total. The quantitative estimate of drug-likeness (QED) is 0.0329. The van der Waals surface area contributed by atoms with Crippen LogP contribution in [0.2, 0.25) is 0 Å². The number of primary amides is 1.